The lowest BCUT2D eigenvalue weighted by atomic mass is 10.0. The van der Waals surface area contributed by atoms with E-state index in [0.717, 1.165) is 18.4 Å². The van der Waals surface area contributed by atoms with Crippen LogP contribution < -0.4 is 16.0 Å². The molecule has 6 nitrogen and oxygen atoms in total. The number of nitrogens with one attached hydrogen (secondary N) is 3. The van der Waals surface area contributed by atoms with Crippen LogP contribution in [0.3, 0.4) is 0 Å². The molecule has 0 unspecified atom stereocenters. The normalized spacial score (nSPS) is 14.1. The van der Waals surface area contributed by atoms with Gasteiger partial charge in [-0.15, -0.1) is 0 Å². The highest BCUT2D eigenvalue weighted by Crippen LogP contribution is 2.18. The minimum atomic E-state index is -0.770. The molecule has 1 atom stereocenters. The molecule has 27 heavy (non-hydrogen) atoms. The van der Waals surface area contributed by atoms with E-state index in [1.807, 2.05) is 36.4 Å². The van der Waals surface area contributed by atoms with E-state index < -0.39 is 6.04 Å². The van der Waals surface area contributed by atoms with Gasteiger partial charge < -0.3 is 16.0 Å². The van der Waals surface area contributed by atoms with Crippen LogP contribution in [0.1, 0.15) is 28.8 Å². The maximum absolute atomic E-state index is 12.6. The van der Waals surface area contributed by atoms with Gasteiger partial charge in [0.1, 0.15) is 6.04 Å². The molecule has 1 fully saturated rings. The van der Waals surface area contributed by atoms with Crippen molar-refractivity contribution in [2.45, 2.75) is 31.3 Å². The predicted molar refractivity (Wildman–Crippen MR) is 102 cm³/mol. The minimum absolute atomic E-state index is 0.0954. The van der Waals surface area contributed by atoms with Crippen LogP contribution in [0.4, 0.5) is 0 Å². The largest absolute Gasteiger partial charge is 0.352 e. The van der Waals surface area contributed by atoms with Crippen LogP contribution in [0.5, 0.6) is 0 Å². The molecule has 0 aromatic heterocycles. The van der Waals surface area contributed by atoms with Crippen molar-refractivity contribution < 1.29 is 14.4 Å². The summed E-state index contributed by atoms with van der Waals surface area (Å²) in [6.45, 7) is -0.0954. The third-order valence-corrected chi connectivity index (χ3v) is 4.31. The van der Waals surface area contributed by atoms with E-state index in [0.29, 0.717) is 12.0 Å². The van der Waals surface area contributed by atoms with Crippen LogP contribution in [0.2, 0.25) is 0 Å². The molecule has 1 aliphatic carbocycles. The summed E-state index contributed by atoms with van der Waals surface area (Å²) in [7, 11) is 0. The molecule has 1 saturated carbocycles. The second-order valence-corrected chi connectivity index (χ2v) is 6.64. The first-order valence-electron chi connectivity index (χ1n) is 9.09. The van der Waals surface area contributed by atoms with Gasteiger partial charge >= 0.3 is 0 Å². The third-order valence-electron chi connectivity index (χ3n) is 4.31. The molecule has 1 aliphatic rings. The van der Waals surface area contributed by atoms with E-state index in [1.165, 1.54) is 0 Å². The van der Waals surface area contributed by atoms with Crippen molar-refractivity contribution in [3.8, 4) is 0 Å². The second-order valence-electron chi connectivity index (χ2n) is 6.64. The molecule has 3 rings (SSSR count). The molecule has 6 heteroatoms. The lowest BCUT2D eigenvalue weighted by Crippen LogP contribution is -2.50. The Hall–Kier alpha value is -3.15. The van der Waals surface area contributed by atoms with Gasteiger partial charge in [0.2, 0.25) is 11.8 Å². The molecule has 0 spiro atoms. The Morgan fingerprint density at radius 2 is 1.56 bits per heavy atom. The first kappa shape index (κ1) is 18.6. The summed E-state index contributed by atoms with van der Waals surface area (Å²) in [6, 6.07) is 17.7. The molecule has 0 bridgehead atoms. The Labute approximate surface area is 158 Å². The quantitative estimate of drug-likeness (QED) is 0.661. The van der Waals surface area contributed by atoms with Crippen molar-refractivity contribution in [2.75, 3.05) is 6.54 Å². The molecule has 0 heterocycles. The van der Waals surface area contributed by atoms with E-state index in [9.17, 15) is 14.4 Å². The fourth-order valence-corrected chi connectivity index (χ4v) is 2.69. The highest BCUT2D eigenvalue weighted by Gasteiger charge is 2.25. The van der Waals surface area contributed by atoms with Crippen molar-refractivity contribution in [3.05, 3.63) is 71.8 Å². The number of carbonyl (C=O) groups excluding carboxylic acids is 3. The number of benzene rings is 2. The Kier molecular flexibility index (Phi) is 6.20. The van der Waals surface area contributed by atoms with Gasteiger partial charge in [-0.1, -0.05) is 48.5 Å². The molecule has 3 N–H and O–H groups in total. The summed E-state index contributed by atoms with van der Waals surface area (Å²) in [5, 5.41) is 8.23. The van der Waals surface area contributed by atoms with Gasteiger partial charge in [-0.25, -0.2) is 0 Å². The number of rotatable bonds is 8. The van der Waals surface area contributed by atoms with E-state index >= 15 is 0 Å². The fourth-order valence-electron chi connectivity index (χ4n) is 2.69. The average molecular weight is 365 g/mol. The smallest absolute Gasteiger partial charge is 0.251 e. The minimum Gasteiger partial charge on any atom is -0.352 e. The van der Waals surface area contributed by atoms with Crippen molar-refractivity contribution in [3.63, 3.8) is 0 Å². The first-order valence-corrected chi connectivity index (χ1v) is 9.09. The van der Waals surface area contributed by atoms with Crippen LogP contribution in [-0.2, 0) is 16.0 Å². The second kappa shape index (κ2) is 8.98. The Morgan fingerprint density at radius 3 is 2.19 bits per heavy atom. The van der Waals surface area contributed by atoms with Gasteiger partial charge in [0, 0.05) is 18.0 Å². The molecule has 3 amide bonds. The Bertz CT molecular complexity index is 789. The summed E-state index contributed by atoms with van der Waals surface area (Å²) in [5.41, 5.74) is 1.41. The zero-order valence-electron chi connectivity index (χ0n) is 15.0. The molecule has 0 radical (unpaired) electrons. The number of carbonyl (C=O) groups is 3. The summed E-state index contributed by atoms with van der Waals surface area (Å²) in [6.07, 6.45) is 2.32. The topological polar surface area (TPSA) is 87.3 Å². The lowest BCUT2D eigenvalue weighted by Gasteiger charge is -2.19. The van der Waals surface area contributed by atoms with Crippen LogP contribution in [0.15, 0.2) is 60.7 Å². The highest BCUT2D eigenvalue weighted by atomic mass is 16.2. The predicted octanol–water partition coefficient (Wildman–Crippen LogP) is 1.42. The fraction of sp³-hybridized carbons (Fsp3) is 0.286. The molecule has 2 aromatic carbocycles. The Balaban J connectivity index is 1.63. The molecule has 2 aromatic rings. The van der Waals surface area contributed by atoms with Gasteiger partial charge in [0.05, 0.1) is 6.54 Å². The Morgan fingerprint density at radius 1 is 0.926 bits per heavy atom. The standard InChI is InChI=1S/C21H23N3O3/c25-19(23-17-11-12-17)14-22-21(27)18(13-15-7-3-1-4-8-15)24-20(26)16-9-5-2-6-10-16/h1-10,17-18H,11-14H2,(H,22,27)(H,23,25)(H,24,26)/t18-/m1/s1. The highest BCUT2D eigenvalue weighted by molar-refractivity contribution is 5.98. The number of hydrogen-bond donors (Lipinski definition) is 3. The van der Waals surface area contributed by atoms with E-state index in [-0.39, 0.29) is 30.3 Å². The van der Waals surface area contributed by atoms with Crippen molar-refractivity contribution >= 4 is 17.7 Å². The molecular formula is C21H23N3O3. The van der Waals surface area contributed by atoms with Crippen molar-refractivity contribution in [2.24, 2.45) is 0 Å². The van der Waals surface area contributed by atoms with Gasteiger partial charge in [-0.3, -0.25) is 14.4 Å². The molecule has 0 saturated heterocycles. The molecule has 140 valence electrons. The van der Waals surface area contributed by atoms with Crippen LogP contribution in [0.25, 0.3) is 0 Å². The van der Waals surface area contributed by atoms with Gasteiger partial charge in [0.25, 0.3) is 5.91 Å². The maximum Gasteiger partial charge on any atom is 0.251 e. The molecule has 0 aliphatic heterocycles. The third kappa shape index (κ3) is 5.95. The average Bonchev–Trinajstić information content (AvgIpc) is 3.51. The van der Waals surface area contributed by atoms with Crippen LogP contribution in [-0.4, -0.2) is 36.3 Å². The van der Waals surface area contributed by atoms with Crippen molar-refractivity contribution in [1.29, 1.82) is 0 Å². The van der Waals surface area contributed by atoms with Gasteiger partial charge in [0.15, 0.2) is 0 Å². The lowest BCUT2D eigenvalue weighted by molar-refractivity contribution is -0.127. The van der Waals surface area contributed by atoms with E-state index in [2.05, 4.69) is 16.0 Å². The first-order chi connectivity index (χ1) is 13.1. The zero-order chi connectivity index (χ0) is 19.1. The SMILES string of the molecule is O=C(CNC(=O)[C@@H](Cc1ccccc1)NC(=O)c1ccccc1)NC1CC1. The summed E-state index contributed by atoms with van der Waals surface area (Å²) in [4.78, 5) is 36.9. The summed E-state index contributed by atoms with van der Waals surface area (Å²) in [5.74, 6) is -0.915. The van der Waals surface area contributed by atoms with Gasteiger partial charge in [-0.2, -0.15) is 0 Å². The van der Waals surface area contributed by atoms with Crippen LogP contribution in [0, 0.1) is 0 Å². The number of hydrogen-bond acceptors (Lipinski definition) is 3. The molecular weight excluding hydrogens is 342 g/mol. The van der Waals surface area contributed by atoms with Crippen molar-refractivity contribution in [1.82, 2.24) is 16.0 Å². The van der Waals surface area contributed by atoms with Gasteiger partial charge in [-0.05, 0) is 30.5 Å². The summed E-state index contributed by atoms with van der Waals surface area (Å²) >= 11 is 0. The van der Waals surface area contributed by atoms with E-state index in [4.69, 9.17) is 0 Å². The summed E-state index contributed by atoms with van der Waals surface area (Å²) < 4.78 is 0. The maximum atomic E-state index is 12.6. The van der Waals surface area contributed by atoms with E-state index in [1.54, 1.807) is 24.3 Å². The van der Waals surface area contributed by atoms with Crippen LogP contribution >= 0.6 is 0 Å². The monoisotopic (exact) mass is 365 g/mol. The zero-order valence-corrected chi connectivity index (χ0v) is 15.0. The number of amides is 3.